The summed E-state index contributed by atoms with van der Waals surface area (Å²) < 4.78 is 0. The standard InChI is InChI=1S/C19H29N3O/c1-15-4-3-5-17(12-15)13-21-8-10-22(11-9-21)14-19(23)20-16(2)18-6-7-18/h3-5,12,16,18H,6-11,13-14H2,1-2H3,(H,20,23). The van der Waals surface area contributed by atoms with Crippen LogP contribution in [0, 0.1) is 12.8 Å². The largest absolute Gasteiger partial charge is 0.352 e. The van der Waals surface area contributed by atoms with Gasteiger partial charge in [-0.3, -0.25) is 14.6 Å². The van der Waals surface area contributed by atoms with Gasteiger partial charge in [0, 0.05) is 38.8 Å². The molecule has 1 aromatic rings. The summed E-state index contributed by atoms with van der Waals surface area (Å²) in [5.74, 6) is 0.918. The fourth-order valence-electron chi connectivity index (χ4n) is 3.39. The van der Waals surface area contributed by atoms with Crippen molar-refractivity contribution in [3.8, 4) is 0 Å². The zero-order chi connectivity index (χ0) is 16.2. The molecule has 4 heteroatoms. The van der Waals surface area contributed by atoms with E-state index >= 15 is 0 Å². The zero-order valence-corrected chi connectivity index (χ0v) is 14.4. The van der Waals surface area contributed by atoms with Gasteiger partial charge in [-0.05, 0) is 38.2 Å². The summed E-state index contributed by atoms with van der Waals surface area (Å²) >= 11 is 0. The lowest BCUT2D eigenvalue weighted by atomic mass is 10.1. The van der Waals surface area contributed by atoms with Crippen molar-refractivity contribution >= 4 is 5.91 Å². The van der Waals surface area contributed by atoms with Crippen LogP contribution in [0.15, 0.2) is 24.3 Å². The zero-order valence-electron chi connectivity index (χ0n) is 14.4. The number of carbonyl (C=O) groups is 1. The third-order valence-electron chi connectivity index (χ3n) is 5.04. The minimum absolute atomic E-state index is 0.191. The van der Waals surface area contributed by atoms with Crippen molar-refractivity contribution in [2.75, 3.05) is 32.7 Å². The van der Waals surface area contributed by atoms with Gasteiger partial charge >= 0.3 is 0 Å². The SMILES string of the molecule is Cc1cccc(CN2CCN(CC(=O)NC(C)C3CC3)CC2)c1. The maximum absolute atomic E-state index is 12.1. The van der Waals surface area contributed by atoms with Gasteiger partial charge in [0.25, 0.3) is 0 Å². The van der Waals surface area contributed by atoms with E-state index < -0.39 is 0 Å². The summed E-state index contributed by atoms with van der Waals surface area (Å²) in [6, 6.07) is 9.09. The molecule has 1 aliphatic heterocycles. The first-order valence-electron chi connectivity index (χ1n) is 8.90. The molecule has 1 aliphatic carbocycles. The molecular formula is C19H29N3O. The van der Waals surface area contributed by atoms with Crippen LogP contribution >= 0.6 is 0 Å². The second-order valence-corrected chi connectivity index (χ2v) is 7.23. The molecule has 1 aromatic carbocycles. The molecule has 0 radical (unpaired) electrons. The number of piperazine rings is 1. The number of nitrogens with zero attached hydrogens (tertiary/aromatic N) is 2. The van der Waals surface area contributed by atoms with E-state index in [-0.39, 0.29) is 5.91 Å². The number of rotatable bonds is 6. The molecule has 1 atom stereocenters. The normalized spacial score (nSPS) is 21.1. The van der Waals surface area contributed by atoms with Crippen LogP contribution in [0.4, 0.5) is 0 Å². The average Bonchev–Trinajstić information content (AvgIpc) is 3.34. The second-order valence-electron chi connectivity index (χ2n) is 7.23. The fraction of sp³-hybridized carbons (Fsp3) is 0.632. The van der Waals surface area contributed by atoms with E-state index in [0.717, 1.165) is 38.6 Å². The van der Waals surface area contributed by atoms with Crippen molar-refractivity contribution in [3.05, 3.63) is 35.4 Å². The summed E-state index contributed by atoms with van der Waals surface area (Å²) in [4.78, 5) is 16.9. The minimum atomic E-state index is 0.191. The summed E-state index contributed by atoms with van der Waals surface area (Å²) in [5.41, 5.74) is 2.71. The first kappa shape index (κ1) is 16.5. The molecule has 0 aromatic heterocycles. The third kappa shape index (κ3) is 5.05. The predicted octanol–water partition coefficient (Wildman–Crippen LogP) is 2.03. The molecule has 1 saturated heterocycles. The molecule has 2 fully saturated rings. The molecule has 23 heavy (non-hydrogen) atoms. The Hall–Kier alpha value is -1.39. The lowest BCUT2D eigenvalue weighted by molar-refractivity contribution is -0.123. The number of aryl methyl sites for hydroxylation is 1. The Morgan fingerprint density at radius 3 is 2.57 bits per heavy atom. The molecule has 1 amide bonds. The highest BCUT2D eigenvalue weighted by atomic mass is 16.2. The molecule has 1 saturated carbocycles. The van der Waals surface area contributed by atoms with Gasteiger partial charge in [0.1, 0.15) is 0 Å². The van der Waals surface area contributed by atoms with Crippen LogP contribution in [0.2, 0.25) is 0 Å². The van der Waals surface area contributed by atoms with Gasteiger partial charge in [-0.25, -0.2) is 0 Å². The van der Waals surface area contributed by atoms with Gasteiger partial charge in [-0.15, -0.1) is 0 Å². The van der Waals surface area contributed by atoms with Crippen molar-refractivity contribution in [3.63, 3.8) is 0 Å². The van der Waals surface area contributed by atoms with Crippen LogP contribution in [0.1, 0.15) is 30.9 Å². The van der Waals surface area contributed by atoms with Crippen molar-refractivity contribution in [2.24, 2.45) is 5.92 Å². The Morgan fingerprint density at radius 2 is 1.91 bits per heavy atom. The molecule has 3 rings (SSSR count). The van der Waals surface area contributed by atoms with E-state index in [2.05, 4.69) is 53.2 Å². The molecule has 1 N–H and O–H groups in total. The van der Waals surface area contributed by atoms with Crippen LogP contribution in [0.5, 0.6) is 0 Å². The number of nitrogens with one attached hydrogen (secondary N) is 1. The van der Waals surface area contributed by atoms with E-state index in [1.54, 1.807) is 0 Å². The van der Waals surface area contributed by atoms with Gasteiger partial charge in [-0.1, -0.05) is 29.8 Å². The van der Waals surface area contributed by atoms with E-state index in [4.69, 9.17) is 0 Å². The Bertz CT molecular complexity index is 533. The maximum atomic E-state index is 12.1. The fourth-order valence-corrected chi connectivity index (χ4v) is 3.39. The second kappa shape index (κ2) is 7.45. The van der Waals surface area contributed by atoms with E-state index in [1.165, 1.54) is 24.0 Å². The van der Waals surface area contributed by atoms with Gasteiger partial charge in [0.05, 0.1) is 6.54 Å². The smallest absolute Gasteiger partial charge is 0.234 e. The van der Waals surface area contributed by atoms with Crippen LogP contribution in [-0.4, -0.2) is 54.5 Å². The number of hydrogen-bond donors (Lipinski definition) is 1. The van der Waals surface area contributed by atoms with Gasteiger partial charge in [-0.2, -0.15) is 0 Å². The first-order chi connectivity index (χ1) is 11.1. The molecule has 2 aliphatic rings. The highest BCUT2D eigenvalue weighted by Crippen LogP contribution is 2.32. The summed E-state index contributed by atoms with van der Waals surface area (Å²) in [5, 5.41) is 3.15. The summed E-state index contributed by atoms with van der Waals surface area (Å²) in [6.07, 6.45) is 2.55. The average molecular weight is 315 g/mol. The van der Waals surface area contributed by atoms with Gasteiger partial charge in [0.2, 0.25) is 5.91 Å². The molecule has 1 unspecified atom stereocenters. The number of benzene rings is 1. The van der Waals surface area contributed by atoms with Crippen molar-refractivity contribution in [1.82, 2.24) is 15.1 Å². The monoisotopic (exact) mass is 315 g/mol. The van der Waals surface area contributed by atoms with E-state index in [0.29, 0.717) is 12.6 Å². The Labute approximate surface area is 139 Å². The lowest BCUT2D eigenvalue weighted by Gasteiger charge is -2.34. The van der Waals surface area contributed by atoms with Crippen LogP contribution in [-0.2, 0) is 11.3 Å². The molecule has 0 bridgehead atoms. The maximum Gasteiger partial charge on any atom is 0.234 e. The predicted molar refractivity (Wildman–Crippen MR) is 93.2 cm³/mol. The molecule has 1 heterocycles. The van der Waals surface area contributed by atoms with Crippen molar-refractivity contribution in [2.45, 2.75) is 39.3 Å². The van der Waals surface area contributed by atoms with Crippen LogP contribution in [0.25, 0.3) is 0 Å². The Morgan fingerprint density at radius 1 is 1.22 bits per heavy atom. The highest BCUT2D eigenvalue weighted by molar-refractivity contribution is 5.78. The number of amides is 1. The Kier molecular flexibility index (Phi) is 5.34. The van der Waals surface area contributed by atoms with E-state index in [1.807, 2.05) is 0 Å². The lowest BCUT2D eigenvalue weighted by Crippen LogP contribution is -2.50. The summed E-state index contributed by atoms with van der Waals surface area (Å²) in [6.45, 7) is 9.89. The highest BCUT2D eigenvalue weighted by Gasteiger charge is 2.29. The van der Waals surface area contributed by atoms with E-state index in [9.17, 15) is 4.79 Å². The molecule has 126 valence electrons. The molecule has 0 spiro atoms. The minimum Gasteiger partial charge on any atom is -0.352 e. The van der Waals surface area contributed by atoms with Crippen molar-refractivity contribution < 1.29 is 4.79 Å². The van der Waals surface area contributed by atoms with Crippen LogP contribution < -0.4 is 5.32 Å². The van der Waals surface area contributed by atoms with Gasteiger partial charge < -0.3 is 5.32 Å². The quantitative estimate of drug-likeness (QED) is 0.872. The molecule has 4 nitrogen and oxygen atoms in total. The number of hydrogen-bond acceptors (Lipinski definition) is 3. The Balaban J connectivity index is 1.38. The third-order valence-corrected chi connectivity index (χ3v) is 5.04. The van der Waals surface area contributed by atoms with Crippen molar-refractivity contribution in [1.29, 1.82) is 0 Å². The van der Waals surface area contributed by atoms with Crippen LogP contribution in [0.3, 0.4) is 0 Å². The molecular weight excluding hydrogens is 286 g/mol. The number of carbonyl (C=O) groups excluding carboxylic acids is 1. The summed E-state index contributed by atoms with van der Waals surface area (Å²) in [7, 11) is 0. The topological polar surface area (TPSA) is 35.6 Å². The van der Waals surface area contributed by atoms with Gasteiger partial charge in [0.15, 0.2) is 0 Å². The first-order valence-corrected chi connectivity index (χ1v) is 8.90.